The molecular weight excluding hydrogens is 414 g/mol. The summed E-state index contributed by atoms with van der Waals surface area (Å²) in [4.78, 5) is 32.4. The lowest BCUT2D eigenvalue weighted by molar-refractivity contribution is -0.385. The zero-order chi connectivity index (χ0) is 21.8. The predicted octanol–water partition coefficient (Wildman–Crippen LogP) is 3.66. The number of nitrogens with one attached hydrogen (secondary N) is 1. The third kappa shape index (κ3) is 5.25. The van der Waals surface area contributed by atoms with Crippen LogP contribution in [0.4, 0.5) is 11.4 Å². The van der Waals surface area contributed by atoms with E-state index in [0.717, 1.165) is 43.2 Å². The summed E-state index contributed by atoms with van der Waals surface area (Å²) in [6, 6.07) is 12.9. The van der Waals surface area contributed by atoms with Crippen molar-refractivity contribution in [2.75, 3.05) is 38.0 Å². The number of carbonyl (C=O) groups is 1. The van der Waals surface area contributed by atoms with E-state index in [9.17, 15) is 14.9 Å². The lowest BCUT2D eigenvalue weighted by Crippen LogP contribution is -2.46. The number of nitro benzene ring substituents is 1. The quantitative estimate of drug-likeness (QED) is 0.446. The smallest absolute Gasteiger partial charge is 0.274 e. The van der Waals surface area contributed by atoms with Crippen LogP contribution in [0.25, 0.3) is 10.2 Å². The Bertz CT molecular complexity index is 1060. The molecule has 0 spiro atoms. The van der Waals surface area contributed by atoms with E-state index in [1.165, 1.54) is 10.8 Å². The second-order valence-corrected chi connectivity index (χ2v) is 8.81. The van der Waals surface area contributed by atoms with E-state index in [1.54, 1.807) is 30.4 Å². The highest BCUT2D eigenvalue weighted by Crippen LogP contribution is 2.25. The molecule has 2 aromatic carbocycles. The third-order valence-corrected chi connectivity index (χ3v) is 6.61. The summed E-state index contributed by atoms with van der Waals surface area (Å²) in [6.07, 6.45) is 0.361. The highest BCUT2D eigenvalue weighted by Gasteiger charge is 2.20. The second kappa shape index (κ2) is 9.51. The Morgan fingerprint density at radius 1 is 1.13 bits per heavy atom. The van der Waals surface area contributed by atoms with Crippen molar-refractivity contribution in [3.05, 3.63) is 63.1 Å². The molecule has 0 unspecified atom stereocenters. The number of rotatable bonds is 7. The first-order valence-electron chi connectivity index (χ1n) is 10.3. The molecule has 0 bridgehead atoms. The fourth-order valence-electron chi connectivity index (χ4n) is 3.78. The molecule has 0 atom stereocenters. The van der Waals surface area contributed by atoms with Gasteiger partial charge in [0.1, 0.15) is 5.01 Å². The Labute approximate surface area is 184 Å². The summed E-state index contributed by atoms with van der Waals surface area (Å²) in [5.74, 6) is -0.125. The fourth-order valence-corrected chi connectivity index (χ4v) is 4.79. The third-order valence-electron chi connectivity index (χ3n) is 5.59. The molecule has 1 aromatic heterocycles. The minimum atomic E-state index is -0.432. The van der Waals surface area contributed by atoms with Gasteiger partial charge in [-0.3, -0.25) is 19.8 Å². The van der Waals surface area contributed by atoms with Crippen LogP contribution < -0.4 is 5.32 Å². The summed E-state index contributed by atoms with van der Waals surface area (Å²) < 4.78 is 1.22. The number of anilines is 1. The molecule has 0 radical (unpaired) electrons. The van der Waals surface area contributed by atoms with Crippen LogP contribution in [0.3, 0.4) is 0 Å². The van der Waals surface area contributed by atoms with Crippen LogP contribution in [0.1, 0.15) is 17.0 Å². The summed E-state index contributed by atoms with van der Waals surface area (Å²) in [7, 11) is 0. The number of nitrogens with zero attached hydrogens (tertiary/aromatic N) is 4. The van der Waals surface area contributed by atoms with Gasteiger partial charge in [0, 0.05) is 45.2 Å². The number of piperazine rings is 1. The molecule has 1 fully saturated rings. The lowest BCUT2D eigenvalue weighted by Gasteiger charge is -2.34. The van der Waals surface area contributed by atoms with Crippen LogP contribution >= 0.6 is 11.3 Å². The van der Waals surface area contributed by atoms with Gasteiger partial charge in [-0.1, -0.05) is 18.2 Å². The van der Waals surface area contributed by atoms with Crippen molar-refractivity contribution in [2.24, 2.45) is 0 Å². The molecule has 1 aliphatic heterocycles. The highest BCUT2D eigenvalue weighted by atomic mass is 32.1. The SMILES string of the molecule is Cc1c(NC(=O)CCN2CCN(Cc3nc4ccccc4s3)CC2)cccc1[N+](=O)[O-]. The van der Waals surface area contributed by atoms with Crippen molar-refractivity contribution in [3.8, 4) is 0 Å². The molecule has 0 saturated carbocycles. The Balaban J connectivity index is 1.22. The summed E-state index contributed by atoms with van der Waals surface area (Å²) >= 11 is 1.75. The molecule has 1 N–H and O–H groups in total. The first kappa shape index (κ1) is 21.4. The molecule has 1 aliphatic rings. The molecule has 162 valence electrons. The van der Waals surface area contributed by atoms with Gasteiger partial charge in [0.15, 0.2) is 0 Å². The molecule has 31 heavy (non-hydrogen) atoms. The average Bonchev–Trinajstić information content (AvgIpc) is 3.17. The van der Waals surface area contributed by atoms with Gasteiger partial charge in [-0.05, 0) is 25.1 Å². The number of nitro groups is 1. The van der Waals surface area contributed by atoms with E-state index in [-0.39, 0.29) is 11.6 Å². The number of fused-ring (bicyclic) bond motifs is 1. The Morgan fingerprint density at radius 3 is 2.61 bits per heavy atom. The van der Waals surface area contributed by atoms with Crippen LogP contribution in [0, 0.1) is 17.0 Å². The molecule has 0 aliphatic carbocycles. The Morgan fingerprint density at radius 2 is 1.87 bits per heavy atom. The Kier molecular flexibility index (Phi) is 6.55. The van der Waals surface area contributed by atoms with Gasteiger partial charge in [0.05, 0.1) is 32.9 Å². The minimum Gasteiger partial charge on any atom is -0.326 e. The van der Waals surface area contributed by atoms with Crippen molar-refractivity contribution < 1.29 is 9.72 Å². The monoisotopic (exact) mass is 439 g/mol. The number of amides is 1. The summed E-state index contributed by atoms with van der Waals surface area (Å²) in [5.41, 5.74) is 2.05. The van der Waals surface area contributed by atoms with E-state index < -0.39 is 4.92 Å². The van der Waals surface area contributed by atoms with Crippen molar-refractivity contribution in [3.63, 3.8) is 0 Å². The fraction of sp³-hybridized carbons (Fsp3) is 0.364. The van der Waals surface area contributed by atoms with Crippen molar-refractivity contribution in [1.29, 1.82) is 0 Å². The maximum Gasteiger partial charge on any atom is 0.274 e. The van der Waals surface area contributed by atoms with Gasteiger partial charge in [0.25, 0.3) is 5.69 Å². The first-order chi connectivity index (χ1) is 15.0. The molecule has 1 saturated heterocycles. The number of benzene rings is 2. The zero-order valence-electron chi connectivity index (χ0n) is 17.4. The number of hydrogen-bond donors (Lipinski definition) is 1. The van der Waals surface area contributed by atoms with Crippen molar-refractivity contribution >= 4 is 38.8 Å². The van der Waals surface area contributed by atoms with Gasteiger partial charge in [-0.15, -0.1) is 11.3 Å². The molecular formula is C22H25N5O3S. The maximum absolute atomic E-state index is 12.4. The number of aromatic nitrogens is 1. The van der Waals surface area contributed by atoms with Gasteiger partial charge >= 0.3 is 0 Å². The van der Waals surface area contributed by atoms with E-state index in [0.29, 0.717) is 24.2 Å². The molecule has 1 amide bonds. The van der Waals surface area contributed by atoms with E-state index in [2.05, 4.69) is 21.2 Å². The average molecular weight is 440 g/mol. The normalized spacial score (nSPS) is 15.3. The molecule has 3 aromatic rings. The second-order valence-electron chi connectivity index (χ2n) is 7.70. The van der Waals surface area contributed by atoms with Crippen LogP contribution in [0.2, 0.25) is 0 Å². The standard InChI is InChI=1S/C22H25N5O3S/c1-16-17(6-4-7-19(16)27(29)30)23-21(28)9-10-25-11-13-26(14-12-25)15-22-24-18-5-2-3-8-20(18)31-22/h2-8H,9-15H2,1H3,(H,23,28). The minimum absolute atomic E-state index is 0.0158. The van der Waals surface area contributed by atoms with E-state index in [4.69, 9.17) is 4.98 Å². The summed E-state index contributed by atoms with van der Waals surface area (Å²) in [6.45, 7) is 6.90. The van der Waals surface area contributed by atoms with Crippen molar-refractivity contribution in [2.45, 2.75) is 19.9 Å². The van der Waals surface area contributed by atoms with Crippen molar-refractivity contribution in [1.82, 2.24) is 14.8 Å². The molecule has 9 heteroatoms. The first-order valence-corrected chi connectivity index (χ1v) is 11.1. The maximum atomic E-state index is 12.4. The van der Waals surface area contributed by atoms with E-state index >= 15 is 0 Å². The topological polar surface area (TPSA) is 91.6 Å². The van der Waals surface area contributed by atoms with Crippen LogP contribution in [-0.4, -0.2) is 58.3 Å². The number of hydrogen-bond acceptors (Lipinski definition) is 7. The number of para-hydroxylation sites is 1. The number of thiazole rings is 1. The van der Waals surface area contributed by atoms with Crippen LogP contribution in [-0.2, 0) is 11.3 Å². The Hall–Kier alpha value is -2.88. The van der Waals surface area contributed by atoms with Gasteiger partial charge in [-0.25, -0.2) is 4.98 Å². The largest absolute Gasteiger partial charge is 0.326 e. The predicted molar refractivity (Wildman–Crippen MR) is 122 cm³/mol. The molecule has 2 heterocycles. The van der Waals surface area contributed by atoms with Gasteiger partial charge in [0.2, 0.25) is 5.91 Å². The molecule has 8 nitrogen and oxygen atoms in total. The highest BCUT2D eigenvalue weighted by molar-refractivity contribution is 7.18. The van der Waals surface area contributed by atoms with Crippen LogP contribution in [0.15, 0.2) is 42.5 Å². The van der Waals surface area contributed by atoms with Crippen LogP contribution in [0.5, 0.6) is 0 Å². The van der Waals surface area contributed by atoms with Gasteiger partial charge in [-0.2, -0.15) is 0 Å². The lowest BCUT2D eigenvalue weighted by atomic mass is 10.1. The zero-order valence-corrected chi connectivity index (χ0v) is 18.2. The summed E-state index contributed by atoms with van der Waals surface area (Å²) in [5, 5.41) is 15.0. The van der Waals surface area contributed by atoms with E-state index in [1.807, 2.05) is 18.2 Å². The molecule has 4 rings (SSSR count). The van der Waals surface area contributed by atoms with Gasteiger partial charge < -0.3 is 10.2 Å². The number of carbonyl (C=O) groups excluding carboxylic acids is 1.